The van der Waals surface area contributed by atoms with Crippen molar-refractivity contribution in [3.05, 3.63) is 22.7 Å². The molecule has 1 amide bonds. The van der Waals surface area contributed by atoms with Crippen LogP contribution in [0.15, 0.2) is 17.1 Å². The van der Waals surface area contributed by atoms with E-state index in [0.29, 0.717) is 17.4 Å². The van der Waals surface area contributed by atoms with Gasteiger partial charge in [-0.05, 0) is 18.9 Å². The fourth-order valence-corrected chi connectivity index (χ4v) is 4.84. The molecule has 2 fully saturated rings. The van der Waals surface area contributed by atoms with Crippen LogP contribution in [0.4, 0.5) is 14.6 Å². The number of halogens is 2. The Morgan fingerprint density at radius 3 is 2.67 bits per heavy atom. The van der Waals surface area contributed by atoms with Gasteiger partial charge in [0.15, 0.2) is 6.10 Å². The molecule has 0 saturated carbocycles. The first-order valence-corrected chi connectivity index (χ1v) is 11.9. The maximum absolute atomic E-state index is 14.9. The number of nitrogens with zero attached hydrogens (tertiary/aromatic N) is 2. The second-order valence-corrected chi connectivity index (χ2v) is 9.57. The molecule has 1 N–H and O–H groups in total. The largest absolute Gasteiger partial charge is 0.351 e. The number of rotatable bonds is 7. The normalized spacial score (nSPS) is 30.3. The third-order valence-corrected chi connectivity index (χ3v) is 6.34. The zero-order chi connectivity index (χ0) is 22.1. The number of amides is 1. The molecule has 1 aromatic heterocycles. The standard InChI is InChI=1S/C18H26F2N3O6P/c1-4-6-11(7-5-2)15(24)21-13-8-9-23(17(25)22-13)16-18(19,20)14-12(28-16)10-27-30(3,26)29-14/h8-9,11-12,14,16H,4-7,10H2,1-3H3,(H,21,22,24,25)/t12-,14-,16-,30-/m1/s1. The molecule has 0 aliphatic carbocycles. The molecule has 2 saturated heterocycles. The second kappa shape index (κ2) is 8.82. The summed E-state index contributed by atoms with van der Waals surface area (Å²) in [6.45, 7) is 4.71. The lowest BCUT2D eigenvalue weighted by Gasteiger charge is -2.30. The van der Waals surface area contributed by atoms with Crippen molar-refractivity contribution in [1.82, 2.24) is 9.55 Å². The Hall–Kier alpha value is -1.68. The van der Waals surface area contributed by atoms with Crippen molar-refractivity contribution in [2.45, 2.75) is 63.9 Å². The van der Waals surface area contributed by atoms with Crippen molar-refractivity contribution in [1.29, 1.82) is 0 Å². The molecule has 1 aromatic rings. The van der Waals surface area contributed by atoms with Gasteiger partial charge >= 0.3 is 19.2 Å². The lowest BCUT2D eigenvalue weighted by Crippen LogP contribution is -2.44. The van der Waals surface area contributed by atoms with Crippen LogP contribution < -0.4 is 11.0 Å². The smallest absolute Gasteiger partial charge is 0.343 e. The fourth-order valence-electron chi connectivity index (χ4n) is 3.67. The minimum Gasteiger partial charge on any atom is -0.343 e. The summed E-state index contributed by atoms with van der Waals surface area (Å²) in [5.74, 6) is -4.13. The SMILES string of the molecule is CCCC(CCC)C(=O)Nc1ccn([C@@H]2O[C@@H]3CO[P@@](C)(=O)O[C@H]3C2(F)F)c(=O)n1. The summed E-state index contributed by atoms with van der Waals surface area (Å²) in [4.78, 5) is 28.5. The molecule has 12 heteroatoms. The molecule has 2 aliphatic heterocycles. The predicted molar refractivity (Wildman–Crippen MR) is 104 cm³/mol. The van der Waals surface area contributed by atoms with Crippen LogP contribution in [0, 0.1) is 5.92 Å². The van der Waals surface area contributed by atoms with Gasteiger partial charge in [-0.2, -0.15) is 13.8 Å². The Morgan fingerprint density at radius 2 is 2.07 bits per heavy atom. The second-order valence-electron chi connectivity index (χ2n) is 7.56. The van der Waals surface area contributed by atoms with E-state index in [2.05, 4.69) is 10.3 Å². The molecule has 4 atom stereocenters. The zero-order valence-electron chi connectivity index (χ0n) is 17.0. The molecule has 0 unspecified atom stereocenters. The van der Waals surface area contributed by atoms with Crippen molar-refractivity contribution in [3.63, 3.8) is 0 Å². The number of fused-ring (bicyclic) bond motifs is 1. The molecule has 3 rings (SSSR count). The molecule has 0 radical (unpaired) electrons. The lowest BCUT2D eigenvalue weighted by molar-refractivity contribution is -0.135. The van der Waals surface area contributed by atoms with E-state index in [9.17, 15) is 22.9 Å². The maximum Gasteiger partial charge on any atom is 0.351 e. The number of carbonyl (C=O) groups excluding carboxylic acids is 1. The topological polar surface area (TPSA) is 109 Å². The summed E-state index contributed by atoms with van der Waals surface area (Å²) in [6.07, 6.45) is -0.825. The van der Waals surface area contributed by atoms with E-state index in [1.165, 1.54) is 6.07 Å². The minimum absolute atomic E-state index is 0.0187. The van der Waals surface area contributed by atoms with E-state index < -0.39 is 37.6 Å². The lowest BCUT2D eigenvalue weighted by atomic mass is 9.97. The molecule has 0 bridgehead atoms. The molecule has 2 aliphatic rings. The number of hydrogen-bond acceptors (Lipinski definition) is 7. The predicted octanol–water partition coefficient (Wildman–Crippen LogP) is 3.17. The molecule has 30 heavy (non-hydrogen) atoms. The summed E-state index contributed by atoms with van der Waals surface area (Å²) in [6, 6.07) is 1.26. The van der Waals surface area contributed by atoms with Crippen LogP contribution in [0.3, 0.4) is 0 Å². The summed E-state index contributed by atoms with van der Waals surface area (Å²) in [5, 5.41) is 2.58. The highest BCUT2D eigenvalue weighted by Crippen LogP contribution is 2.57. The minimum atomic E-state index is -3.64. The molecule has 9 nitrogen and oxygen atoms in total. The van der Waals surface area contributed by atoms with Crippen molar-refractivity contribution < 1.29 is 31.9 Å². The van der Waals surface area contributed by atoms with Crippen molar-refractivity contribution in [3.8, 4) is 0 Å². The van der Waals surface area contributed by atoms with Gasteiger partial charge in [-0.25, -0.2) is 4.79 Å². The van der Waals surface area contributed by atoms with Crippen LogP contribution in [0.1, 0.15) is 45.8 Å². The number of anilines is 1. The van der Waals surface area contributed by atoms with E-state index in [0.717, 1.165) is 25.7 Å². The van der Waals surface area contributed by atoms with Gasteiger partial charge in [0, 0.05) is 18.8 Å². The number of alkyl halides is 2. The van der Waals surface area contributed by atoms with Crippen molar-refractivity contribution >= 4 is 19.3 Å². The number of ether oxygens (including phenoxy) is 1. The van der Waals surface area contributed by atoms with Gasteiger partial charge in [-0.3, -0.25) is 18.5 Å². The Balaban J connectivity index is 1.78. The first-order chi connectivity index (χ1) is 14.1. The van der Waals surface area contributed by atoms with E-state index >= 15 is 0 Å². The van der Waals surface area contributed by atoms with Gasteiger partial charge in [0.25, 0.3) is 0 Å². The third-order valence-electron chi connectivity index (χ3n) is 5.11. The van der Waals surface area contributed by atoms with Gasteiger partial charge in [0.05, 0.1) is 6.61 Å². The van der Waals surface area contributed by atoms with Crippen LogP contribution in [0.5, 0.6) is 0 Å². The van der Waals surface area contributed by atoms with Crippen LogP contribution in [0.25, 0.3) is 0 Å². The van der Waals surface area contributed by atoms with Gasteiger partial charge < -0.3 is 14.6 Å². The molecule has 0 spiro atoms. The highest BCUT2D eigenvalue weighted by Gasteiger charge is 2.64. The number of nitrogens with one attached hydrogen (secondary N) is 1. The highest BCUT2D eigenvalue weighted by molar-refractivity contribution is 7.53. The summed E-state index contributed by atoms with van der Waals surface area (Å²) >= 11 is 0. The van der Waals surface area contributed by atoms with Gasteiger partial charge in [0.2, 0.25) is 12.1 Å². The molecule has 0 aromatic carbocycles. The molecular formula is C18H26F2N3O6P. The zero-order valence-corrected chi connectivity index (χ0v) is 17.9. The number of hydrogen-bond donors (Lipinski definition) is 1. The quantitative estimate of drug-likeness (QED) is 0.637. The first-order valence-electron chi connectivity index (χ1n) is 9.92. The summed E-state index contributed by atoms with van der Waals surface area (Å²) in [7, 11) is -3.62. The van der Waals surface area contributed by atoms with Crippen LogP contribution in [-0.4, -0.2) is 46.9 Å². The van der Waals surface area contributed by atoms with Gasteiger partial charge in [-0.15, -0.1) is 0 Å². The summed E-state index contributed by atoms with van der Waals surface area (Å²) in [5.41, 5.74) is -1.01. The van der Waals surface area contributed by atoms with E-state index in [1.807, 2.05) is 13.8 Å². The summed E-state index contributed by atoms with van der Waals surface area (Å²) < 4.78 is 57.4. The van der Waals surface area contributed by atoms with Crippen molar-refractivity contribution in [2.24, 2.45) is 5.92 Å². The Kier molecular flexibility index (Phi) is 6.76. The Bertz CT molecular complexity index is 889. The highest BCUT2D eigenvalue weighted by atomic mass is 31.2. The number of aromatic nitrogens is 2. The Morgan fingerprint density at radius 1 is 1.40 bits per heavy atom. The fraction of sp³-hybridized carbons (Fsp3) is 0.722. The third kappa shape index (κ3) is 4.64. The van der Waals surface area contributed by atoms with Crippen LogP contribution in [-0.2, 0) is 23.1 Å². The first kappa shape index (κ1) is 23.0. The van der Waals surface area contributed by atoms with Crippen molar-refractivity contribution in [2.75, 3.05) is 18.6 Å². The monoisotopic (exact) mass is 449 g/mol. The average molecular weight is 449 g/mol. The van der Waals surface area contributed by atoms with Crippen LogP contribution in [0.2, 0.25) is 0 Å². The van der Waals surface area contributed by atoms with Crippen LogP contribution >= 0.6 is 7.60 Å². The average Bonchev–Trinajstić information content (AvgIpc) is 2.91. The number of carbonyl (C=O) groups is 1. The van der Waals surface area contributed by atoms with E-state index in [4.69, 9.17) is 13.8 Å². The van der Waals surface area contributed by atoms with Gasteiger partial charge in [0.1, 0.15) is 11.9 Å². The molecular weight excluding hydrogens is 423 g/mol. The maximum atomic E-state index is 14.9. The Labute approximate surface area is 172 Å². The molecule has 168 valence electrons. The van der Waals surface area contributed by atoms with E-state index in [-0.39, 0.29) is 24.2 Å². The molecule has 3 heterocycles. The van der Waals surface area contributed by atoms with E-state index in [1.54, 1.807) is 0 Å². The van der Waals surface area contributed by atoms with Gasteiger partial charge in [-0.1, -0.05) is 26.7 Å².